The molecule has 2 nitrogen and oxygen atoms in total. The molecule has 0 saturated heterocycles. The quantitative estimate of drug-likeness (QED) is 0.686. The molecule has 0 radical (unpaired) electrons. The van der Waals surface area contributed by atoms with Crippen LogP contribution in [0, 0.1) is 10.8 Å². The van der Waals surface area contributed by atoms with E-state index in [4.69, 9.17) is 0 Å². The van der Waals surface area contributed by atoms with Crippen molar-refractivity contribution in [1.82, 2.24) is 0 Å². The van der Waals surface area contributed by atoms with Crippen molar-refractivity contribution in [1.29, 1.82) is 0 Å². The van der Waals surface area contributed by atoms with E-state index in [1.807, 2.05) is 26.0 Å². The first-order chi connectivity index (χ1) is 6.95. The smallest absolute Gasteiger partial charge is 0.122 e. The lowest BCUT2D eigenvalue weighted by molar-refractivity contribution is 0.552. The number of nitroso groups, excluding NO2 is 1. The fourth-order valence-corrected chi connectivity index (χ4v) is 1.57. The van der Waals surface area contributed by atoms with Crippen molar-refractivity contribution in [3.8, 4) is 0 Å². The summed E-state index contributed by atoms with van der Waals surface area (Å²) in [4.78, 5) is 10.6. The molecule has 1 aromatic carbocycles. The largest absolute Gasteiger partial charge is 0.150 e. The number of rotatable bonds is 4. The summed E-state index contributed by atoms with van der Waals surface area (Å²) >= 11 is 0. The maximum Gasteiger partial charge on any atom is 0.122 e. The molecule has 2 heteroatoms. The standard InChI is InChI=1S/C13H19NO/c1-10(2)9-11-5-7-12(8-6-11)13(3,4)14-15/h5-8,10H,9H2,1-4H3. The van der Waals surface area contributed by atoms with Gasteiger partial charge in [-0.2, -0.15) is 0 Å². The van der Waals surface area contributed by atoms with E-state index in [0.717, 1.165) is 12.0 Å². The molecule has 0 aliphatic heterocycles. The van der Waals surface area contributed by atoms with Gasteiger partial charge in [0, 0.05) is 0 Å². The summed E-state index contributed by atoms with van der Waals surface area (Å²) in [6.07, 6.45) is 1.08. The molecule has 1 rings (SSSR count). The topological polar surface area (TPSA) is 29.4 Å². The summed E-state index contributed by atoms with van der Waals surface area (Å²) in [6.45, 7) is 8.06. The first-order valence-corrected chi connectivity index (χ1v) is 5.39. The monoisotopic (exact) mass is 205 g/mol. The minimum Gasteiger partial charge on any atom is -0.150 e. The minimum absolute atomic E-state index is 0.615. The normalized spacial score (nSPS) is 11.8. The Labute approximate surface area is 91.7 Å². The Bertz CT molecular complexity index is 325. The van der Waals surface area contributed by atoms with E-state index in [1.165, 1.54) is 5.56 Å². The maximum atomic E-state index is 10.6. The molecule has 15 heavy (non-hydrogen) atoms. The fraction of sp³-hybridized carbons (Fsp3) is 0.538. The van der Waals surface area contributed by atoms with Crippen LogP contribution in [0.4, 0.5) is 0 Å². The second kappa shape index (κ2) is 4.56. The van der Waals surface area contributed by atoms with Crippen molar-refractivity contribution in [2.75, 3.05) is 0 Å². The molecule has 0 aliphatic carbocycles. The molecular weight excluding hydrogens is 186 g/mol. The van der Waals surface area contributed by atoms with Crippen LogP contribution in [0.1, 0.15) is 38.8 Å². The van der Waals surface area contributed by atoms with Gasteiger partial charge < -0.3 is 0 Å². The van der Waals surface area contributed by atoms with Crippen molar-refractivity contribution < 1.29 is 0 Å². The molecule has 0 bridgehead atoms. The van der Waals surface area contributed by atoms with E-state index >= 15 is 0 Å². The molecule has 0 amide bonds. The van der Waals surface area contributed by atoms with Crippen LogP contribution < -0.4 is 0 Å². The highest BCUT2D eigenvalue weighted by Gasteiger charge is 2.20. The van der Waals surface area contributed by atoms with Crippen molar-refractivity contribution >= 4 is 0 Å². The van der Waals surface area contributed by atoms with Crippen molar-refractivity contribution in [3.05, 3.63) is 40.3 Å². The van der Waals surface area contributed by atoms with E-state index in [-0.39, 0.29) is 0 Å². The van der Waals surface area contributed by atoms with Gasteiger partial charge in [-0.25, -0.2) is 0 Å². The van der Waals surface area contributed by atoms with Gasteiger partial charge in [-0.1, -0.05) is 43.3 Å². The van der Waals surface area contributed by atoms with E-state index in [2.05, 4.69) is 31.2 Å². The van der Waals surface area contributed by atoms with Gasteiger partial charge in [0.05, 0.1) is 0 Å². The highest BCUT2D eigenvalue weighted by atomic mass is 16.3. The predicted octanol–water partition coefficient (Wildman–Crippen LogP) is 3.89. The van der Waals surface area contributed by atoms with Crippen LogP contribution in [0.3, 0.4) is 0 Å². The van der Waals surface area contributed by atoms with Crippen LogP contribution >= 0.6 is 0 Å². The van der Waals surface area contributed by atoms with Gasteiger partial charge in [-0.15, -0.1) is 4.91 Å². The Morgan fingerprint density at radius 3 is 2.13 bits per heavy atom. The number of hydrogen-bond donors (Lipinski definition) is 0. The summed E-state index contributed by atoms with van der Waals surface area (Å²) in [5.41, 5.74) is 1.68. The molecule has 0 spiro atoms. The summed E-state index contributed by atoms with van der Waals surface area (Å²) in [5.74, 6) is 0.660. The van der Waals surface area contributed by atoms with Crippen LogP contribution in [-0.2, 0) is 12.0 Å². The van der Waals surface area contributed by atoms with Crippen LogP contribution in [0.2, 0.25) is 0 Å². The van der Waals surface area contributed by atoms with Crippen molar-refractivity contribution in [3.63, 3.8) is 0 Å². The molecular formula is C13H19NO. The molecule has 0 N–H and O–H groups in total. The molecule has 0 aromatic heterocycles. The second-order valence-electron chi connectivity index (χ2n) is 4.95. The zero-order valence-electron chi connectivity index (χ0n) is 9.95. The third kappa shape index (κ3) is 3.15. The van der Waals surface area contributed by atoms with Gasteiger partial charge >= 0.3 is 0 Å². The van der Waals surface area contributed by atoms with E-state index in [0.29, 0.717) is 5.92 Å². The summed E-state index contributed by atoms with van der Waals surface area (Å²) in [7, 11) is 0. The van der Waals surface area contributed by atoms with Crippen LogP contribution in [0.25, 0.3) is 0 Å². The maximum absolute atomic E-state index is 10.6. The Kier molecular flexibility index (Phi) is 3.61. The minimum atomic E-state index is -0.615. The molecule has 0 aliphatic rings. The van der Waals surface area contributed by atoms with E-state index in [9.17, 15) is 4.91 Å². The lowest BCUT2D eigenvalue weighted by atomic mass is 9.93. The van der Waals surface area contributed by atoms with E-state index in [1.54, 1.807) is 0 Å². The number of hydrogen-bond acceptors (Lipinski definition) is 2. The van der Waals surface area contributed by atoms with Gasteiger partial charge in [0.1, 0.15) is 5.54 Å². The summed E-state index contributed by atoms with van der Waals surface area (Å²) in [6, 6.07) is 8.17. The average molecular weight is 205 g/mol. The Balaban J connectivity index is 2.85. The first-order valence-electron chi connectivity index (χ1n) is 5.39. The first kappa shape index (κ1) is 11.9. The highest BCUT2D eigenvalue weighted by molar-refractivity contribution is 5.27. The van der Waals surface area contributed by atoms with Crippen molar-refractivity contribution in [2.45, 2.75) is 39.7 Å². The third-order valence-corrected chi connectivity index (χ3v) is 2.53. The van der Waals surface area contributed by atoms with E-state index < -0.39 is 5.54 Å². The molecule has 82 valence electrons. The average Bonchev–Trinajstić information content (AvgIpc) is 2.18. The molecule has 0 atom stereocenters. The molecule has 0 fully saturated rings. The molecule has 0 heterocycles. The zero-order valence-corrected chi connectivity index (χ0v) is 9.95. The summed E-state index contributed by atoms with van der Waals surface area (Å²) < 4.78 is 0. The molecule has 0 saturated carbocycles. The van der Waals surface area contributed by atoms with Gasteiger partial charge in [0.15, 0.2) is 0 Å². The van der Waals surface area contributed by atoms with Crippen LogP contribution in [-0.4, -0.2) is 0 Å². The lowest BCUT2D eigenvalue weighted by Gasteiger charge is -2.16. The Morgan fingerprint density at radius 1 is 1.20 bits per heavy atom. The van der Waals surface area contributed by atoms with Gasteiger partial charge in [0.25, 0.3) is 0 Å². The number of nitrogens with zero attached hydrogens (tertiary/aromatic N) is 1. The van der Waals surface area contributed by atoms with Crippen LogP contribution in [0.15, 0.2) is 29.4 Å². The second-order valence-corrected chi connectivity index (χ2v) is 4.95. The predicted molar refractivity (Wildman–Crippen MR) is 63.8 cm³/mol. The SMILES string of the molecule is CC(C)Cc1ccc(C(C)(C)N=O)cc1. The van der Waals surface area contributed by atoms with Crippen LogP contribution in [0.5, 0.6) is 0 Å². The Hall–Kier alpha value is -1.18. The van der Waals surface area contributed by atoms with Gasteiger partial charge in [0.2, 0.25) is 0 Å². The number of benzene rings is 1. The summed E-state index contributed by atoms with van der Waals surface area (Å²) in [5, 5.41) is 3.13. The third-order valence-electron chi connectivity index (χ3n) is 2.53. The van der Waals surface area contributed by atoms with Crippen molar-refractivity contribution in [2.24, 2.45) is 11.1 Å². The highest BCUT2D eigenvalue weighted by Crippen LogP contribution is 2.24. The zero-order chi connectivity index (χ0) is 11.5. The van der Waals surface area contributed by atoms with Gasteiger partial charge in [-0.05, 0) is 37.3 Å². The Morgan fingerprint density at radius 2 is 1.73 bits per heavy atom. The lowest BCUT2D eigenvalue weighted by Crippen LogP contribution is -2.12. The van der Waals surface area contributed by atoms with Gasteiger partial charge in [-0.3, -0.25) is 0 Å². The fourth-order valence-electron chi connectivity index (χ4n) is 1.57. The molecule has 0 unspecified atom stereocenters. The molecule has 1 aromatic rings.